The first-order valence-electron chi connectivity index (χ1n) is 10.0. The van der Waals surface area contributed by atoms with Crippen molar-refractivity contribution in [2.24, 2.45) is 0 Å². The summed E-state index contributed by atoms with van der Waals surface area (Å²) in [5, 5.41) is 14.3. The molecule has 0 amide bonds. The number of phenolic OH excluding ortho intramolecular Hbond substituents is 1. The van der Waals surface area contributed by atoms with E-state index in [1.807, 2.05) is 20.0 Å². The van der Waals surface area contributed by atoms with Gasteiger partial charge in [-0.3, -0.25) is 9.48 Å². The van der Waals surface area contributed by atoms with Crippen molar-refractivity contribution in [1.29, 1.82) is 0 Å². The molecule has 0 bridgehead atoms. The molecule has 1 fully saturated rings. The molecule has 1 N–H and O–H groups in total. The van der Waals surface area contributed by atoms with Crippen molar-refractivity contribution >= 4 is 11.9 Å². The number of aromatic hydroxyl groups is 1. The van der Waals surface area contributed by atoms with Crippen molar-refractivity contribution < 1.29 is 19.4 Å². The normalized spacial score (nSPS) is 16.8. The average Bonchev–Trinajstić information content (AvgIpc) is 3.15. The molecule has 6 nitrogen and oxygen atoms in total. The molecule has 0 atom stereocenters. The molecule has 0 radical (unpaired) electrons. The SMILES string of the molecule is CC.O=Cc1c(O)cccc1OCC1=C(c2ccnn2C2CCC2)CCOC1. The molecule has 1 aromatic heterocycles. The monoisotopic (exact) mass is 384 g/mol. The third kappa shape index (κ3) is 4.12. The van der Waals surface area contributed by atoms with Gasteiger partial charge < -0.3 is 14.6 Å². The molecule has 150 valence electrons. The Labute approximate surface area is 165 Å². The molecule has 0 spiro atoms. The fourth-order valence-corrected chi connectivity index (χ4v) is 3.49. The van der Waals surface area contributed by atoms with E-state index in [2.05, 4.69) is 15.8 Å². The summed E-state index contributed by atoms with van der Waals surface area (Å²) in [7, 11) is 0. The maximum atomic E-state index is 11.2. The number of phenols is 1. The number of hydrogen-bond donors (Lipinski definition) is 1. The highest BCUT2D eigenvalue weighted by Crippen LogP contribution is 2.36. The lowest BCUT2D eigenvalue weighted by Crippen LogP contribution is -2.23. The third-order valence-corrected chi connectivity index (χ3v) is 5.16. The minimum atomic E-state index is -0.0744. The van der Waals surface area contributed by atoms with E-state index in [1.54, 1.807) is 12.1 Å². The number of aldehydes is 1. The Hall–Kier alpha value is -2.60. The molecule has 0 saturated heterocycles. The van der Waals surface area contributed by atoms with Crippen LogP contribution < -0.4 is 4.74 Å². The minimum absolute atomic E-state index is 0.0744. The summed E-state index contributed by atoms with van der Waals surface area (Å²) < 4.78 is 13.6. The number of ether oxygens (including phenoxy) is 2. The summed E-state index contributed by atoms with van der Waals surface area (Å²) in [6, 6.07) is 7.37. The fraction of sp³-hybridized carbons (Fsp3) is 0.455. The first-order valence-corrected chi connectivity index (χ1v) is 10.0. The molecule has 4 rings (SSSR count). The molecule has 1 aliphatic heterocycles. The molecule has 0 unspecified atom stereocenters. The van der Waals surface area contributed by atoms with E-state index in [1.165, 1.54) is 30.9 Å². The third-order valence-electron chi connectivity index (χ3n) is 5.16. The number of rotatable bonds is 6. The molecule has 2 heterocycles. The maximum Gasteiger partial charge on any atom is 0.157 e. The predicted octanol–water partition coefficient (Wildman–Crippen LogP) is 4.41. The average molecular weight is 384 g/mol. The Kier molecular flexibility index (Phi) is 6.87. The van der Waals surface area contributed by atoms with Crippen LogP contribution in [0.1, 0.15) is 61.6 Å². The topological polar surface area (TPSA) is 73.6 Å². The lowest BCUT2D eigenvalue weighted by Gasteiger charge is -2.29. The summed E-state index contributed by atoms with van der Waals surface area (Å²) in [5.74, 6) is 0.305. The number of carbonyl (C=O) groups is 1. The maximum absolute atomic E-state index is 11.2. The molecule has 28 heavy (non-hydrogen) atoms. The molecule has 1 aliphatic carbocycles. The molecule has 6 heteroatoms. The Morgan fingerprint density at radius 2 is 2.14 bits per heavy atom. The highest BCUT2D eigenvalue weighted by Gasteiger charge is 2.25. The smallest absolute Gasteiger partial charge is 0.157 e. The lowest BCUT2D eigenvalue weighted by molar-refractivity contribution is 0.111. The van der Waals surface area contributed by atoms with Crippen molar-refractivity contribution in [3.8, 4) is 11.5 Å². The van der Waals surface area contributed by atoms with Crippen molar-refractivity contribution in [1.82, 2.24) is 9.78 Å². The van der Waals surface area contributed by atoms with Crippen LogP contribution in [0, 0.1) is 0 Å². The van der Waals surface area contributed by atoms with Crippen molar-refractivity contribution in [3.05, 3.63) is 47.3 Å². The van der Waals surface area contributed by atoms with Gasteiger partial charge in [-0.05, 0) is 55.0 Å². The van der Waals surface area contributed by atoms with Crippen LogP contribution in [-0.4, -0.2) is 41.0 Å². The van der Waals surface area contributed by atoms with Gasteiger partial charge in [0, 0.05) is 6.20 Å². The minimum Gasteiger partial charge on any atom is -0.507 e. The van der Waals surface area contributed by atoms with Crippen molar-refractivity contribution in [2.75, 3.05) is 19.8 Å². The summed E-state index contributed by atoms with van der Waals surface area (Å²) in [6.07, 6.45) is 6.90. The molecule has 2 aromatic rings. The highest BCUT2D eigenvalue weighted by atomic mass is 16.5. The predicted molar refractivity (Wildman–Crippen MR) is 108 cm³/mol. The van der Waals surface area contributed by atoms with E-state index >= 15 is 0 Å². The Morgan fingerprint density at radius 3 is 2.86 bits per heavy atom. The van der Waals surface area contributed by atoms with E-state index < -0.39 is 0 Å². The first kappa shape index (κ1) is 20.1. The number of hydrogen-bond acceptors (Lipinski definition) is 5. The van der Waals surface area contributed by atoms with Gasteiger partial charge in [-0.25, -0.2) is 0 Å². The Balaban J connectivity index is 0.00000109. The summed E-state index contributed by atoms with van der Waals surface area (Å²) in [5.41, 5.74) is 3.58. The van der Waals surface area contributed by atoms with Gasteiger partial charge in [0.05, 0.1) is 30.5 Å². The number of aromatic nitrogens is 2. The van der Waals surface area contributed by atoms with E-state index in [0.29, 0.717) is 37.9 Å². The van der Waals surface area contributed by atoms with Crippen LogP contribution in [0.3, 0.4) is 0 Å². The zero-order valence-corrected chi connectivity index (χ0v) is 16.6. The van der Waals surface area contributed by atoms with Gasteiger partial charge >= 0.3 is 0 Å². The molecule has 1 saturated carbocycles. The van der Waals surface area contributed by atoms with Crippen LogP contribution >= 0.6 is 0 Å². The van der Waals surface area contributed by atoms with Crippen LogP contribution in [0.5, 0.6) is 11.5 Å². The van der Waals surface area contributed by atoms with E-state index in [-0.39, 0.29) is 11.3 Å². The van der Waals surface area contributed by atoms with Crippen LogP contribution in [0.2, 0.25) is 0 Å². The van der Waals surface area contributed by atoms with Gasteiger partial charge in [0.25, 0.3) is 0 Å². The molecular weight excluding hydrogens is 356 g/mol. The van der Waals surface area contributed by atoms with Crippen LogP contribution in [0.4, 0.5) is 0 Å². The van der Waals surface area contributed by atoms with Crippen molar-refractivity contribution in [2.45, 2.75) is 45.6 Å². The van der Waals surface area contributed by atoms with Crippen LogP contribution in [-0.2, 0) is 4.74 Å². The van der Waals surface area contributed by atoms with Gasteiger partial charge in [-0.15, -0.1) is 0 Å². The van der Waals surface area contributed by atoms with Gasteiger partial charge in [0.15, 0.2) is 6.29 Å². The molecular formula is C22H28N2O4. The zero-order valence-electron chi connectivity index (χ0n) is 16.6. The number of carbonyl (C=O) groups excluding carboxylic acids is 1. The van der Waals surface area contributed by atoms with Gasteiger partial charge in [0.1, 0.15) is 18.1 Å². The largest absolute Gasteiger partial charge is 0.507 e. The standard InChI is InChI=1S/C20H22N2O4.C2H6/c23-11-17-19(24)5-2-6-20(17)26-13-14-12-25-10-8-16(14)18-7-9-21-22(18)15-3-1-4-15;1-2/h2,5-7,9,11,15,24H,1,3-4,8,10,12-13H2;1-2H3. The quantitative estimate of drug-likeness (QED) is 0.747. The number of benzene rings is 1. The molecule has 1 aromatic carbocycles. The van der Waals surface area contributed by atoms with Crippen LogP contribution in [0.25, 0.3) is 5.57 Å². The highest BCUT2D eigenvalue weighted by molar-refractivity contribution is 5.83. The van der Waals surface area contributed by atoms with Gasteiger partial charge in [-0.1, -0.05) is 19.9 Å². The summed E-state index contributed by atoms with van der Waals surface area (Å²) in [6.45, 7) is 5.50. The van der Waals surface area contributed by atoms with Crippen molar-refractivity contribution in [3.63, 3.8) is 0 Å². The van der Waals surface area contributed by atoms with E-state index in [0.717, 1.165) is 17.7 Å². The van der Waals surface area contributed by atoms with E-state index in [9.17, 15) is 9.90 Å². The number of nitrogens with zero attached hydrogens (tertiary/aromatic N) is 2. The lowest BCUT2D eigenvalue weighted by atomic mass is 9.92. The fourth-order valence-electron chi connectivity index (χ4n) is 3.49. The summed E-state index contributed by atoms with van der Waals surface area (Å²) >= 11 is 0. The van der Waals surface area contributed by atoms with Gasteiger partial charge in [-0.2, -0.15) is 5.10 Å². The second kappa shape index (κ2) is 9.55. The van der Waals surface area contributed by atoms with Crippen LogP contribution in [0.15, 0.2) is 36.0 Å². The second-order valence-electron chi connectivity index (χ2n) is 6.73. The Morgan fingerprint density at radius 1 is 1.32 bits per heavy atom. The summed E-state index contributed by atoms with van der Waals surface area (Å²) in [4.78, 5) is 11.2. The second-order valence-corrected chi connectivity index (χ2v) is 6.73. The zero-order chi connectivity index (χ0) is 19.9. The molecule has 2 aliphatic rings. The first-order chi connectivity index (χ1) is 13.8. The Bertz CT molecular complexity index is 837. The van der Waals surface area contributed by atoms with Gasteiger partial charge in [0.2, 0.25) is 0 Å². The van der Waals surface area contributed by atoms with E-state index in [4.69, 9.17) is 9.47 Å².